The number of rotatable bonds is 5. The predicted molar refractivity (Wildman–Crippen MR) is 80.7 cm³/mol. The number of hydrogen-bond acceptors (Lipinski definition) is 3. The van der Waals surface area contributed by atoms with Crippen LogP contribution in [0.25, 0.3) is 0 Å². The van der Waals surface area contributed by atoms with Crippen molar-refractivity contribution >= 4 is 11.8 Å². The highest BCUT2D eigenvalue weighted by molar-refractivity contribution is 5.78. The highest BCUT2D eigenvalue weighted by atomic mass is 16.2. The standard InChI is InChI=1S/C16H27N3O2/c1-12(20)19-9-3-5-15(19)14-4-2-8-18(14)11-16(21)17-10-13-6-7-13/h13-15H,2-11H2,1H3,(H,17,21)/t14-,15-/m0/s1. The molecule has 2 heterocycles. The monoisotopic (exact) mass is 293 g/mol. The Kier molecular flexibility index (Phi) is 4.48. The zero-order chi connectivity index (χ0) is 14.8. The van der Waals surface area contributed by atoms with E-state index in [-0.39, 0.29) is 11.8 Å². The third kappa shape index (κ3) is 3.57. The SMILES string of the molecule is CC(=O)N1CCC[C@H]1[C@@H]1CCCN1CC(=O)NCC1CC1. The van der Waals surface area contributed by atoms with Gasteiger partial charge in [-0.1, -0.05) is 0 Å². The van der Waals surface area contributed by atoms with E-state index >= 15 is 0 Å². The number of carbonyl (C=O) groups is 2. The molecule has 2 aliphatic heterocycles. The largest absolute Gasteiger partial charge is 0.355 e. The van der Waals surface area contributed by atoms with Gasteiger partial charge in [0.05, 0.1) is 6.54 Å². The van der Waals surface area contributed by atoms with Crippen molar-refractivity contribution in [3.05, 3.63) is 0 Å². The number of nitrogens with zero attached hydrogens (tertiary/aromatic N) is 2. The molecule has 2 amide bonds. The molecule has 1 saturated carbocycles. The van der Waals surface area contributed by atoms with Crippen LogP contribution in [0.4, 0.5) is 0 Å². The van der Waals surface area contributed by atoms with Crippen molar-refractivity contribution in [2.24, 2.45) is 5.92 Å². The summed E-state index contributed by atoms with van der Waals surface area (Å²) in [6, 6.07) is 0.698. The summed E-state index contributed by atoms with van der Waals surface area (Å²) in [6.45, 7) is 4.89. The molecule has 1 N–H and O–H groups in total. The summed E-state index contributed by atoms with van der Waals surface area (Å²) < 4.78 is 0. The maximum absolute atomic E-state index is 12.1. The Morgan fingerprint density at radius 1 is 1.05 bits per heavy atom. The van der Waals surface area contributed by atoms with Gasteiger partial charge >= 0.3 is 0 Å². The predicted octanol–water partition coefficient (Wildman–Crippen LogP) is 0.988. The number of amides is 2. The lowest BCUT2D eigenvalue weighted by Gasteiger charge is -2.34. The van der Waals surface area contributed by atoms with Crippen LogP contribution >= 0.6 is 0 Å². The van der Waals surface area contributed by atoms with Crippen LogP contribution in [0, 0.1) is 5.92 Å². The van der Waals surface area contributed by atoms with Gasteiger partial charge in [-0.2, -0.15) is 0 Å². The van der Waals surface area contributed by atoms with Gasteiger partial charge in [0, 0.05) is 32.1 Å². The Morgan fingerprint density at radius 3 is 2.48 bits per heavy atom. The molecule has 3 fully saturated rings. The minimum Gasteiger partial charge on any atom is -0.355 e. The molecule has 3 rings (SSSR count). The van der Waals surface area contributed by atoms with E-state index in [9.17, 15) is 9.59 Å². The fourth-order valence-electron chi connectivity index (χ4n) is 3.89. The van der Waals surface area contributed by atoms with Gasteiger partial charge in [0.2, 0.25) is 11.8 Å². The highest BCUT2D eigenvalue weighted by Gasteiger charge is 2.39. The summed E-state index contributed by atoms with van der Waals surface area (Å²) in [5.41, 5.74) is 0. The number of carbonyl (C=O) groups excluding carboxylic acids is 2. The molecule has 0 aromatic carbocycles. The van der Waals surface area contributed by atoms with Gasteiger partial charge < -0.3 is 10.2 Å². The van der Waals surface area contributed by atoms with Gasteiger partial charge in [0.1, 0.15) is 0 Å². The lowest BCUT2D eigenvalue weighted by atomic mass is 10.0. The fraction of sp³-hybridized carbons (Fsp3) is 0.875. The molecular formula is C16H27N3O2. The fourth-order valence-corrected chi connectivity index (χ4v) is 3.89. The molecule has 2 atom stereocenters. The molecule has 2 saturated heterocycles. The molecule has 3 aliphatic rings. The van der Waals surface area contributed by atoms with E-state index < -0.39 is 0 Å². The Hall–Kier alpha value is -1.10. The van der Waals surface area contributed by atoms with Gasteiger partial charge in [-0.15, -0.1) is 0 Å². The molecule has 0 spiro atoms. The Balaban J connectivity index is 1.54. The van der Waals surface area contributed by atoms with Crippen molar-refractivity contribution < 1.29 is 9.59 Å². The lowest BCUT2D eigenvalue weighted by molar-refractivity contribution is -0.130. The average molecular weight is 293 g/mol. The van der Waals surface area contributed by atoms with E-state index in [4.69, 9.17) is 0 Å². The molecule has 118 valence electrons. The lowest BCUT2D eigenvalue weighted by Crippen LogP contribution is -2.50. The summed E-state index contributed by atoms with van der Waals surface area (Å²) in [5.74, 6) is 1.06. The summed E-state index contributed by atoms with van der Waals surface area (Å²) in [4.78, 5) is 28.1. The first-order valence-electron chi connectivity index (χ1n) is 8.43. The molecule has 0 unspecified atom stereocenters. The maximum Gasteiger partial charge on any atom is 0.234 e. The van der Waals surface area contributed by atoms with E-state index in [2.05, 4.69) is 10.2 Å². The Labute approximate surface area is 127 Å². The van der Waals surface area contributed by atoms with Crippen molar-refractivity contribution in [1.82, 2.24) is 15.1 Å². The van der Waals surface area contributed by atoms with Crippen molar-refractivity contribution in [3.8, 4) is 0 Å². The van der Waals surface area contributed by atoms with Crippen LogP contribution in [0.5, 0.6) is 0 Å². The number of hydrogen-bond donors (Lipinski definition) is 1. The highest BCUT2D eigenvalue weighted by Crippen LogP contribution is 2.30. The first-order valence-corrected chi connectivity index (χ1v) is 8.43. The molecule has 0 radical (unpaired) electrons. The first-order chi connectivity index (χ1) is 10.1. The summed E-state index contributed by atoms with van der Waals surface area (Å²) in [7, 11) is 0. The van der Waals surface area contributed by atoms with E-state index in [0.29, 0.717) is 18.6 Å². The van der Waals surface area contributed by atoms with Crippen LogP contribution in [0.15, 0.2) is 0 Å². The zero-order valence-electron chi connectivity index (χ0n) is 13.0. The Morgan fingerprint density at radius 2 is 1.76 bits per heavy atom. The van der Waals surface area contributed by atoms with E-state index in [1.54, 1.807) is 6.92 Å². The summed E-state index contributed by atoms with van der Waals surface area (Å²) >= 11 is 0. The third-order valence-electron chi connectivity index (χ3n) is 5.19. The average Bonchev–Trinajstić information content (AvgIpc) is 2.96. The topological polar surface area (TPSA) is 52.7 Å². The van der Waals surface area contributed by atoms with Gasteiger partial charge in [-0.25, -0.2) is 0 Å². The summed E-state index contributed by atoms with van der Waals surface area (Å²) in [5, 5.41) is 3.06. The van der Waals surface area contributed by atoms with Crippen LogP contribution in [-0.4, -0.2) is 59.9 Å². The normalized spacial score (nSPS) is 29.9. The van der Waals surface area contributed by atoms with Gasteiger partial charge in [0.25, 0.3) is 0 Å². The molecule has 0 aromatic rings. The molecule has 5 heteroatoms. The van der Waals surface area contributed by atoms with Crippen LogP contribution in [0.2, 0.25) is 0 Å². The minimum atomic E-state index is 0.154. The van der Waals surface area contributed by atoms with E-state index in [1.807, 2.05) is 4.90 Å². The number of nitrogens with one attached hydrogen (secondary N) is 1. The maximum atomic E-state index is 12.1. The van der Waals surface area contributed by atoms with E-state index in [0.717, 1.165) is 51.2 Å². The van der Waals surface area contributed by atoms with Gasteiger partial charge in [0.15, 0.2) is 0 Å². The van der Waals surface area contributed by atoms with Crippen molar-refractivity contribution in [3.63, 3.8) is 0 Å². The third-order valence-corrected chi connectivity index (χ3v) is 5.19. The molecule has 1 aliphatic carbocycles. The first kappa shape index (κ1) is 14.8. The second kappa shape index (κ2) is 6.34. The van der Waals surface area contributed by atoms with Crippen LogP contribution in [0.3, 0.4) is 0 Å². The van der Waals surface area contributed by atoms with Crippen LogP contribution in [-0.2, 0) is 9.59 Å². The molecule has 0 aromatic heterocycles. The molecule has 0 bridgehead atoms. The molecule has 21 heavy (non-hydrogen) atoms. The van der Waals surface area contributed by atoms with Crippen molar-refractivity contribution in [1.29, 1.82) is 0 Å². The van der Waals surface area contributed by atoms with Crippen LogP contribution < -0.4 is 5.32 Å². The second-order valence-electron chi connectivity index (χ2n) is 6.85. The Bertz CT molecular complexity index is 408. The van der Waals surface area contributed by atoms with Crippen molar-refractivity contribution in [2.45, 2.75) is 57.5 Å². The van der Waals surface area contributed by atoms with Gasteiger partial charge in [-0.05, 0) is 51.0 Å². The second-order valence-corrected chi connectivity index (χ2v) is 6.85. The van der Waals surface area contributed by atoms with E-state index in [1.165, 1.54) is 12.8 Å². The van der Waals surface area contributed by atoms with Crippen molar-refractivity contribution in [2.75, 3.05) is 26.2 Å². The number of likely N-dealkylation sites (tertiary alicyclic amines) is 2. The zero-order valence-corrected chi connectivity index (χ0v) is 13.0. The van der Waals surface area contributed by atoms with Crippen LogP contribution in [0.1, 0.15) is 45.4 Å². The quantitative estimate of drug-likeness (QED) is 0.822. The molecule has 5 nitrogen and oxygen atoms in total. The smallest absolute Gasteiger partial charge is 0.234 e. The minimum absolute atomic E-state index is 0.154. The molecular weight excluding hydrogens is 266 g/mol. The van der Waals surface area contributed by atoms with Gasteiger partial charge in [-0.3, -0.25) is 14.5 Å². The summed E-state index contributed by atoms with van der Waals surface area (Å²) in [6.07, 6.45) is 6.98.